The summed E-state index contributed by atoms with van der Waals surface area (Å²) < 4.78 is 0. The van der Waals surface area contributed by atoms with Crippen molar-refractivity contribution in [1.29, 1.82) is 0 Å². The highest BCUT2D eigenvalue weighted by atomic mass is 32.1. The van der Waals surface area contributed by atoms with Crippen LogP contribution in [0.25, 0.3) is 0 Å². The van der Waals surface area contributed by atoms with E-state index < -0.39 is 0 Å². The maximum Gasteiger partial charge on any atom is 0.267 e. The van der Waals surface area contributed by atoms with Gasteiger partial charge in [-0.15, -0.1) is 0 Å². The van der Waals surface area contributed by atoms with Crippen LogP contribution in [0.2, 0.25) is 0 Å². The summed E-state index contributed by atoms with van der Waals surface area (Å²) in [6.45, 7) is 3.87. The molecule has 1 amide bonds. The molecule has 5 nitrogen and oxygen atoms in total. The first kappa shape index (κ1) is 14.1. The van der Waals surface area contributed by atoms with Gasteiger partial charge in [0.2, 0.25) is 0 Å². The van der Waals surface area contributed by atoms with Crippen molar-refractivity contribution in [1.82, 2.24) is 9.88 Å². The van der Waals surface area contributed by atoms with Crippen LogP contribution in [0.5, 0.6) is 0 Å². The summed E-state index contributed by atoms with van der Waals surface area (Å²) in [5.41, 5.74) is 5.88. The third-order valence-electron chi connectivity index (χ3n) is 3.60. The fraction of sp³-hybridized carbons (Fsp3) is 0.692. The van der Waals surface area contributed by atoms with Crippen LogP contribution < -0.4 is 10.6 Å². The number of anilines is 2. The molecule has 1 fully saturated rings. The topological polar surface area (TPSA) is 62.5 Å². The van der Waals surface area contributed by atoms with Gasteiger partial charge in [-0.2, -0.15) is 0 Å². The first-order valence-corrected chi connectivity index (χ1v) is 7.57. The highest BCUT2D eigenvalue weighted by Gasteiger charge is 2.27. The average Bonchev–Trinajstić information content (AvgIpc) is 2.80. The number of carbonyl (C=O) groups is 1. The van der Waals surface area contributed by atoms with Crippen LogP contribution in [0.4, 0.5) is 10.9 Å². The number of nitrogens with two attached hydrogens (primary N) is 1. The number of hydrogen-bond acceptors (Lipinski definition) is 5. The molecule has 0 aliphatic carbocycles. The van der Waals surface area contributed by atoms with Gasteiger partial charge in [-0.3, -0.25) is 4.79 Å². The Morgan fingerprint density at radius 1 is 1.58 bits per heavy atom. The largest absolute Gasteiger partial charge is 0.382 e. The molecule has 1 aliphatic heterocycles. The van der Waals surface area contributed by atoms with Crippen LogP contribution in [-0.2, 0) is 0 Å². The number of nitrogens with zero attached hydrogens (tertiary/aromatic N) is 3. The number of likely N-dealkylation sites (tertiary alicyclic amines) is 1. The molecule has 0 radical (unpaired) electrons. The van der Waals surface area contributed by atoms with Gasteiger partial charge in [-0.05, 0) is 18.8 Å². The number of rotatable bonds is 3. The third-order valence-corrected chi connectivity index (χ3v) is 4.83. The van der Waals surface area contributed by atoms with Crippen molar-refractivity contribution >= 4 is 28.2 Å². The summed E-state index contributed by atoms with van der Waals surface area (Å²) in [6, 6.07) is 0. The van der Waals surface area contributed by atoms with E-state index in [0.717, 1.165) is 31.1 Å². The number of amides is 1. The number of thiazole rings is 1. The summed E-state index contributed by atoms with van der Waals surface area (Å²) in [6.07, 6.45) is 3.44. The number of piperidine rings is 1. The molecule has 2 heterocycles. The number of nitrogen functional groups attached to an aromatic ring is 1. The summed E-state index contributed by atoms with van der Waals surface area (Å²) in [7, 11) is 3.81. The molecule has 1 saturated heterocycles. The minimum Gasteiger partial charge on any atom is -0.382 e. The van der Waals surface area contributed by atoms with Crippen LogP contribution in [-0.4, -0.2) is 43.0 Å². The van der Waals surface area contributed by atoms with Gasteiger partial charge in [0.1, 0.15) is 10.7 Å². The second-order valence-electron chi connectivity index (χ2n) is 5.27. The quantitative estimate of drug-likeness (QED) is 0.921. The summed E-state index contributed by atoms with van der Waals surface area (Å²) >= 11 is 1.38. The zero-order valence-corrected chi connectivity index (χ0v) is 12.7. The Kier molecular flexibility index (Phi) is 4.29. The monoisotopic (exact) mass is 282 g/mol. The van der Waals surface area contributed by atoms with Crippen molar-refractivity contribution in [2.45, 2.75) is 26.2 Å². The van der Waals surface area contributed by atoms with Crippen LogP contribution in [0, 0.1) is 5.92 Å². The molecule has 2 rings (SSSR count). The molecule has 1 unspecified atom stereocenters. The van der Waals surface area contributed by atoms with E-state index in [1.165, 1.54) is 17.8 Å². The Bertz CT molecular complexity index is 457. The van der Waals surface area contributed by atoms with E-state index in [2.05, 4.69) is 11.9 Å². The molecule has 106 valence electrons. The third kappa shape index (κ3) is 3.00. The molecular formula is C13H22N4OS. The van der Waals surface area contributed by atoms with Gasteiger partial charge in [-0.25, -0.2) is 4.98 Å². The lowest BCUT2D eigenvalue weighted by atomic mass is 9.95. The number of hydrogen-bond donors (Lipinski definition) is 1. The SMILES string of the molecule is CCC1CCCN(C(=O)c2sc(N(C)C)nc2N)C1. The van der Waals surface area contributed by atoms with E-state index >= 15 is 0 Å². The van der Waals surface area contributed by atoms with Crippen molar-refractivity contribution in [3.05, 3.63) is 4.88 Å². The molecule has 0 bridgehead atoms. The lowest BCUT2D eigenvalue weighted by Gasteiger charge is -2.32. The highest BCUT2D eigenvalue weighted by Crippen LogP contribution is 2.29. The Morgan fingerprint density at radius 2 is 2.32 bits per heavy atom. The van der Waals surface area contributed by atoms with E-state index in [0.29, 0.717) is 16.6 Å². The van der Waals surface area contributed by atoms with Crippen LogP contribution in [0.15, 0.2) is 0 Å². The van der Waals surface area contributed by atoms with E-state index in [1.54, 1.807) is 0 Å². The van der Waals surface area contributed by atoms with Crippen molar-refractivity contribution < 1.29 is 4.79 Å². The Labute approximate surface area is 118 Å². The van der Waals surface area contributed by atoms with Gasteiger partial charge in [0.05, 0.1) is 0 Å². The molecular weight excluding hydrogens is 260 g/mol. The fourth-order valence-corrected chi connectivity index (χ4v) is 3.27. The average molecular weight is 282 g/mol. The van der Waals surface area contributed by atoms with Crippen molar-refractivity contribution in [3.8, 4) is 0 Å². The first-order valence-electron chi connectivity index (χ1n) is 6.75. The van der Waals surface area contributed by atoms with Gasteiger partial charge in [0.25, 0.3) is 5.91 Å². The molecule has 19 heavy (non-hydrogen) atoms. The summed E-state index contributed by atoms with van der Waals surface area (Å²) in [5, 5.41) is 0.782. The van der Waals surface area contributed by atoms with Gasteiger partial charge in [0, 0.05) is 27.2 Å². The smallest absolute Gasteiger partial charge is 0.267 e. The maximum atomic E-state index is 12.5. The normalized spacial score (nSPS) is 19.5. The molecule has 0 spiro atoms. The van der Waals surface area contributed by atoms with Crippen molar-refractivity contribution in [2.75, 3.05) is 37.8 Å². The lowest BCUT2D eigenvalue weighted by molar-refractivity contribution is 0.0677. The molecule has 6 heteroatoms. The Balaban J connectivity index is 2.14. The minimum absolute atomic E-state index is 0.0428. The summed E-state index contributed by atoms with van der Waals surface area (Å²) in [5.74, 6) is 1.03. The van der Waals surface area contributed by atoms with Crippen LogP contribution >= 0.6 is 11.3 Å². The number of carbonyl (C=O) groups excluding carboxylic acids is 1. The number of aromatic nitrogens is 1. The van der Waals surface area contributed by atoms with E-state index in [4.69, 9.17) is 5.73 Å². The molecule has 2 N–H and O–H groups in total. The molecule has 1 aromatic rings. The lowest BCUT2D eigenvalue weighted by Crippen LogP contribution is -2.39. The van der Waals surface area contributed by atoms with Gasteiger partial charge in [0.15, 0.2) is 5.13 Å². The molecule has 0 saturated carbocycles. The Hall–Kier alpha value is -1.30. The van der Waals surface area contributed by atoms with Gasteiger partial charge >= 0.3 is 0 Å². The fourth-order valence-electron chi connectivity index (χ4n) is 2.39. The zero-order chi connectivity index (χ0) is 14.0. The molecule has 0 aromatic carbocycles. The van der Waals surface area contributed by atoms with Crippen LogP contribution in [0.3, 0.4) is 0 Å². The second kappa shape index (κ2) is 5.77. The standard InChI is InChI=1S/C13H22N4OS/c1-4-9-6-5-7-17(8-9)12(18)10-11(14)15-13(19-10)16(2)3/h9H,4-8,14H2,1-3H3. The van der Waals surface area contributed by atoms with E-state index in [-0.39, 0.29) is 5.91 Å². The predicted octanol–water partition coefficient (Wildman–Crippen LogP) is 2.05. The predicted molar refractivity (Wildman–Crippen MR) is 79.8 cm³/mol. The minimum atomic E-state index is 0.0428. The molecule has 1 atom stereocenters. The second-order valence-corrected chi connectivity index (χ2v) is 6.25. The van der Waals surface area contributed by atoms with Crippen molar-refractivity contribution in [3.63, 3.8) is 0 Å². The summed E-state index contributed by atoms with van der Waals surface area (Å²) in [4.78, 5) is 21.1. The highest BCUT2D eigenvalue weighted by molar-refractivity contribution is 7.18. The van der Waals surface area contributed by atoms with Crippen LogP contribution in [0.1, 0.15) is 35.9 Å². The van der Waals surface area contributed by atoms with E-state index in [9.17, 15) is 4.79 Å². The van der Waals surface area contributed by atoms with Gasteiger partial charge < -0.3 is 15.5 Å². The molecule has 1 aromatic heterocycles. The first-order chi connectivity index (χ1) is 9.02. The van der Waals surface area contributed by atoms with E-state index in [1.807, 2.05) is 23.9 Å². The zero-order valence-electron chi connectivity index (χ0n) is 11.8. The van der Waals surface area contributed by atoms with Gasteiger partial charge in [-0.1, -0.05) is 24.7 Å². The maximum absolute atomic E-state index is 12.5. The van der Waals surface area contributed by atoms with Crippen molar-refractivity contribution in [2.24, 2.45) is 5.92 Å². The molecule has 1 aliphatic rings. The Morgan fingerprint density at radius 3 is 2.89 bits per heavy atom.